The minimum Gasteiger partial charge on any atom is -0.378 e. The van der Waals surface area contributed by atoms with E-state index in [4.69, 9.17) is 4.74 Å². The van der Waals surface area contributed by atoms with Gasteiger partial charge in [0.05, 0.1) is 25.5 Å². The molecule has 2 aromatic rings. The van der Waals surface area contributed by atoms with E-state index in [1.165, 1.54) is 6.92 Å². The molecule has 2 aromatic heterocycles. The standard InChI is InChI=1S/C13H16BrN5O2/c1-9(20)15-6-10-7-19-8-11(14)17-13(12(19)16-10)18-2-4-21-5-3-18/h7-8H,2-6H2,1H3,(H,15,20). The summed E-state index contributed by atoms with van der Waals surface area (Å²) in [6.07, 6.45) is 3.77. The van der Waals surface area contributed by atoms with Crippen molar-refractivity contribution in [2.45, 2.75) is 13.5 Å². The van der Waals surface area contributed by atoms with Crippen molar-refractivity contribution in [2.24, 2.45) is 0 Å². The van der Waals surface area contributed by atoms with Crippen molar-refractivity contribution in [3.63, 3.8) is 0 Å². The molecule has 0 atom stereocenters. The molecule has 1 fully saturated rings. The summed E-state index contributed by atoms with van der Waals surface area (Å²) in [6, 6.07) is 0. The van der Waals surface area contributed by atoms with Crippen LogP contribution in [0.4, 0.5) is 5.82 Å². The monoisotopic (exact) mass is 353 g/mol. The van der Waals surface area contributed by atoms with Gasteiger partial charge in [-0.05, 0) is 15.9 Å². The van der Waals surface area contributed by atoms with Crippen LogP contribution in [-0.2, 0) is 16.1 Å². The number of amides is 1. The average Bonchev–Trinajstić information content (AvgIpc) is 2.88. The Morgan fingerprint density at radius 1 is 1.38 bits per heavy atom. The molecule has 1 aliphatic rings. The number of carbonyl (C=O) groups excluding carboxylic acids is 1. The summed E-state index contributed by atoms with van der Waals surface area (Å²) in [5.41, 5.74) is 1.60. The van der Waals surface area contributed by atoms with Crippen molar-refractivity contribution in [1.29, 1.82) is 0 Å². The number of rotatable bonds is 3. The second-order valence-corrected chi connectivity index (χ2v) is 5.67. The molecule has 7 nitrogen and oxygen atoms in total. The normalized spacial score (nSPS) is 15.4. The number of hydrogen-bond donors (Lipinski definition) is 1. The smallest absolute Gasteiger partial charge is 0.217 e. The van der Waals surface area contributed by atoms with Crippen molar-refractivity contribution >= 4 is 33.3 Å². The first-order chi connectivity index (χ1) is 10.1. The van der Waals surface area contributed by atoms with E-state index in [1.54, 1.807) is 0 Å². The first kappa shape index (κ1) is 14.3. The van der Waals surface area contributed by atoms with Crippen LogP contribution in [0, 0.1) is 0 Å². The van der Waals surface area contributed by atoms with Crippen LogP contribution in [0.25, 0.3) is 5.65 Å². The minimum absolute atomic E-state index is 0.0697. The average molecular weight is 354 g/mol. The number of hydrogen-bond acceptors (Lipinski definition) is 5. The number of anilines is 1. The molecule has 21 heavy (non-hydrogen) atoms. The third-order valence-corrected chi connectivity index (χ3v) is 3.65. The third-order valence-electron chi connectivity index (χ3n) is 3.27. The van der Waals surface area contributed by atoms with E-state index in [1.807, 2.05) is 16.8 Å². The molecular formula is C13H16BrN5O2. The number of nitrogens with zero attached hydrogens (tertiary/aromatic N) is 4. The van der Waals surface area contributed by atoms with Gasteiger partial charge in [0, 0.05) is 32.4 Å². The van der Waals surface area contributed by atoms with Crippen molar-refractivity contribution in [3.05, 3.63) is 22.7 Å². The van der Waals surface area contributed by atoms with Crippen LogP contribution < -0.4 is 10.2 Å². The fraction of sp³-hybridized carbons (Fsp3) is 0.462. The second-order valence-electron chi connectivity index (χ2n) is 4.86. The van der Waals surface area contributed by atoms with Gasteiger partial charge in [-0.25, -0.2) is 9.97 Å². The summed E-state index contributed by atoms with van der Waals surface area (Å²) in [5, 5.41) is 2.76. The summed E-state index contributed by atoms with van der Waals surface area (Å²) in [5.74, 6) is 0.765. The Morgan fingerprint density at radius 2 is 2.14 bits per heavy atom. The highest BCUT2D eigenvalue weighted by Gasteiger charge is 2.18. The predicted molar refractivity (Wildman–Crippen MR) is 81.2 cm³/mol. The van der Waals surface area contributed by atoms with Crippen LogP contribution in [0.3, 0.4) is 0 Å². The quantitative estimate of drug-likeness (QED) is 0.889. The van der Waals surface area contributed by atoms with Crippen molar-refractivity contribution in [3.8, 4) is 0 Å². The Bertz CT molecular complexity index is 666. The lowest BCUT2D eigenvalue weighted by Crippen LogP contribution is -2.37. The fourth-order valence-corrected chi connectivity index (χ4v) is 2.68. The van der Waals surface area contributed by atoms with Gasteiger partial charge in [-0.2, -0.15) is 0 Å². The van der Waals surface area contributed by atoms with Gasteiger partial charge in [-0.1, -0.05) is 0 Å². The number of ether oxygens (including phenoxy) is 1. The van der Waals surface area contributed by atoms with E-state index in [9.17, 15) is 4.79 Å². The molecule has 0 saturated carbocycles. The van der Waals surface area contributed by atoms with Crippen LogP contribution in [0.2, 0.25) is 0 Å². The molecule has 1 saturated heterocycles. The highest BCUT2D eigenvalue weighted by atomic mass is 79.9. The molecule has 0 radical (unpaired) electrons. The maximum Gasteiger partial charge on any atom is 0.217 e. The van der Waals surface area contributed by atoms with E-state index in [0.29, 0.717) is 19.8 Å². The van der Waals surface area contributed by atoms with Crippen molar-refractivity contribution < 1.29 is 9.53 Å². The van der Waals surface area contributed by atoms with Crippen LogP contribution in [0.15, 0.2) is 17.0 Å². The molecule has 112 valence electrons. The van der Waals surface area contributed by atoms with Gasteiger partial charge in [0.15, 0.2) is 11.5 Å². The number of imidazole rings is 1. The topological polar surface area (TPSA) is 71.8 Å². The molecule has 1 amide bonds. The van der Waals surface area contributed by atoms with Crippen molar-refractivity contribution in [2.75, 3.05) is 31.2 Å². The summed E-state index contributed by atoms with van der Waals surface area (Å²) in [7, 11) is 0. The lowest BCUT2D eigenvalue weighted by Gasteiger charge is -2.27. The highest BCUT2D eigenvalue weighted by Crippen LogP contribution is 2.23. The van der Waals surface area contributed by atoms with Crippen LogP contribution in [0.1, 0.15) is 12.6 Å². The molecule has 0 aromatic carbocycles. The summed E-state index contributed by atoms with van der Waals surface area (Å²) < 4.78 is 8.06. The van der Waals surface area contributed by atoms with Crippen LogP contribution in [-0.4, -0.2) is 46.6 Å². The number of aromatic nitrogens is 3. The van der Waals surface area contributed by atoms with Crippen LogP contribution in [0.5, 0.6) is 0 Å². The maximum absolute atomic E-state index is 11.0. The molecule has 0 spiro atoms. The lowest BCUT2D eigenvalue weighted by atomic mass is 10.4. The Morgan fingerprint density at radius 3 is 2.86 bits per heavy atom. The summed E-state index contributed by atoms with van der Waals surface area (Å²) in [4.78, 5) is 22.3. The van der Waals surface area contributed by atoms with Gasteiger partial charge in [-0.15, -0.1) is 0 Å². The minimum atomic E-state index is -0.0697. The molecule has 1 N–H and O–H groups in total. The number of morpholine rings is 1. The fourth-order valence-electron chi connectivity index (χ4n) is 2.29. The van der Waals surface area contributed by atoms with E-state index in [2.05, 4.69) is 36.1 Å². The van der Waals surface area contributed by atoms with Gasteiger partial charge >= 0.3 is 0 Å². The zero-order chi connectivity index (χ0) is 14.8. The first-order valence-electron chi connectivity index (χ1n) is 6.75. The van der Waals surface area contributed by atoms with Gasteiger partial charge in [0.1, 0.15) is 4.60 Å². The predicted octanol–water partition coefficient (Wildman–Crippen LogP) is 0.964. The Kier molecular flexibility index (Phi) is 4.07. The largest absolute Gasteiger partial charge is 0.378 e. The SMILES string of the molecule is CC(=O)NCc1cn2cc(Br)nc(N3CCOCC3)c2n1. The molecule has 3 heterocycles. The zero-order valence-corrected chi connectivity index (χ0v) is 13.3. The molecule has 0 aliphatic carbocycles. The Hall–Kier alpha value is -1.67. The van der Waals surface area contributed by atoms with E-state index in [-0.39, 0.29) is 5.91 Å². The van der Waals surface area contributed by atoms with Gasteiger partial charge in [0.2, 0.25) is 5.91 Å². The second kappa shape index (κ2) is 5.98. The Labute approximate surface area is 130 Å². The summed E-state index contributed by atoms with van der Waals surface area (Å²) in [6.45, 7) is 4.89. The highest BCUT2D eigenvalue weighted by molar-refractivity contribution is 9.10. The van der Waals surface area contributed by atoms with E-state index < -0.39 is 0 Å². The molecular weight excluding hydrogens is 338 g/mol. The zero-order valence-electron chi connectivity index (χ0n) is 11.7. The summed E-state index contributed by atoms with van der Waals surface area (Å²) >= 11 is 3.43. The number of carbonyl (C=O) groups is 1. The van der Waals surface area contributed by atoms with Gasteiger partial charge < -0.3 is 19.4 Å². The van der Waals surface area contributed by atoms with Gasteiger partial charge in [0.25, 0.3) is 0 Å². The number of nitrogens with one attached hydrogen (secondary N) is 1. The molecule has 3 rings (SSSR count). The van der Waals surface area contributed by atoms with E-state index >= 15 is 0 Å². The van der Waals surface area contributed by atoms with E-state index in [0.717, 1.165) is 34.9 Å². The van der Waals surface area contributed by atoms with Crippen molar-refractivity contribution in [1.82, 2.24) is 19.7 Å². The number of fused-ring (bicyclic) bond motifs is 1. The van der Waals surface area contributed by atoms with Crippen LogP contribution >= 0.6 is 15.9 Å². The lowest BCUT2D eigenvalue weighted by molar-refractivity contribution is -0.119. The maximum atomic E-state index is 11.0. The third kappa shape index (κ3) is 3.16. The Balaban J connectivity index is 1.96. The molecule has 0 unspecified atom stereocenters. The molecule has 1 aliphatic heterocycles. The molecule has 8 heteroatoms. The molecule has 0 bridgehead atoms. The first-order valence-corrected chi connectivity index (χ1v) is 7.54. The van der Waals surface area contributed by atoms with Gasteiger partial charge in [-0.3, -0.25) is 4.79 Å². The number of halogens is 1.